The number of hydrogen-bond acceptors (Lipinski definition) is 4. The van der Waals surface area contributed by atoms with Crippen molar-refractivity contribution < 1.29 is 4.92 Å². The van der Waals surface area contributed by atoms with Crippen molar-refractivity contribution in [3.63, 3.8) is 0 Å². The highest BCUT2D eigenvalue weighted by Crippen LogP contribution is 2.22. The van der Waals surface area contributed by atoms with Crippen molar-refractivity contribution in [3.8, 4) is 0 Å². The third-order valence-electron chi connectivity index (χ3n) is 2.74. The second kappa shape index (κ2) is 5.72. The van der Waals surface area contributed by atoms with Crippen LogP contribution in [-0.4, -0.2) is 14.5 Å². The van der Waals surface area contributed by atoms with E-state index in [1.54, 1.807) is 6.92 Å². The molecule has 1 aromatic carbocycles. The van der Waals surface area contributed by atoms with Crippen molar-refractivity contribution in [2.45, 2.75) is 13.5 Å². The summed E-state index contributed by atoms with van der Waals surface area (Å²) in [6.07, 6.45) is 1.39. The Morgan fingerprint density at radius 1 is 1.50 bits per heavy atom. The van der Waals surface area contributed by atoms with Crippen LogP contribution in [0.3, 0.4) is 0 Å². The van der Waals surface area contributed by atoms with Gasteiger partial charge in [0, 0.05) is 17.2 Å². The van der Waals surface area contributed by atoms with Gasteiger partial charge < -0.3 is 0 Å². The van der Waals surface area contributed by atoms with Gasteiger partial charge in [-0.15, -0.1) is 0 Å². The number of rotatable bonds is 3. The Kier molecular flexibility index (Phi) is 4.20. The highest BCUT2D eigenvalue weighted by atomic mass is 79.9. The third-order valence-corrected chi connectivity index (χ3v) is 4.02. The lowest BCUT2D eigenvalue weighted by atomic mass is 10.2. The smallest absolute Gasteiger partial charge is 0.269 e. The Labute approximate surface area is 127 Å². The van der Waals surface area contributed by atoms with Crippen LogP contribution < -0.4 is 5.56 Å². The summed E-state index contributed by atoms with van der Waals surface area (Å²) in [4.78, 5) is 26.3. The molecule has 104 valence electrons. The molecule has 0 aliphatic heterocycles. The van der Waals surface area contributed by atoms with Crippen LogP contribution in [0.15, 0.2) is 33.8 Å². The lowest BCUT2D eigenvalue weighted by Gasteiger charge is -2.08. The average molecular weight is 359 g/mol. The van der Waals surface area contributed by atoms with Crippen LogP contribution in [-0.2, 0) is 6.54 Å². The fourth-order valence-electron chi connectivity index (χ4n) is 1.64. The molecule has 0 saturated heterocycles. The number of benzene rings is 1. The van der Waals surface area contributed by atoms with E-state index >= 15 is 0 Å². The fraction of sp³-hybridized carbons (Fsp3) is 0.167. The molecule has 20 heavy (non-hydrogen) atoms. The summed E-state index contributed by atoms with van der Waals surface area (Å²) in [6.45, 7) is 1.82. The van der Waals surface area contributed by atoms with Gasteiger partial charge in [-0.1, -0.05) is 11.6 Å². The predicted octanol–water partition coefficient (Wildman–Crippen LogP) is 2.92. The Bertz CT molecular complexity index is 745. The largest absolute Gasteiger partial charge is 0.294 e. The zero-order valence-corrected chi connectivity index (χ0v) is 12.7. The maximum Gasteiger partial charge on any atom is 0.269 e. The van der Waals surface area contributed by atoms with E-state index in [9.17, 15) is 14.9 Å². The topological polar surface area (TPSA) is 78.0 Å². The summed E-state index contributed by atoms with van der Waals surface area (Å²) < 4.78 is 1.70. The first kappa shape index (κ1) is 14.7. The van der Waals surface area contributed by atoms with Crippen LogP contribution in [0.5, 0.6) is 0 Å². The molecule has 0 bridgehead atoms. The Morgan fingerprint density at radius 2 is 2.20 bits per heavy atom. The number of aryl methyl sites for hydroxylation is 1. The number of nitrogens with zero attached hydrogens (tertiary/aromatic N) is 3. The molecule has 6 nitrogen and oxygen atoms in total. The average Bonchev–Trinajstić information content (AvgIpc) is 2.41. The van der Waals surface area contributed by atoms with Crippen LogP contribution in [0, 0.1) is 17.0 Å². The van der Waals surface area contributed by atoms with E-state index in [1.807, 2.05) is 0 Å². The summed E-state index contributed by atoms with van der Waals surface area (Å²) in [5.74, 6) is 0. The Morgan fingerprint density at radius 3 is 2.85 bits per heavy atom. The van der Waals surface area contributed by atoms with Gasteiger partial charge in [-0.25, -0.2) is 4.98 Å². The summed E-state index contributed by atoms with van der Waals surface area (Å²) in [7, 11) is 0. The van der Waals surface area contributed by atoms with E-state index in [4.69, 9.17) is 11.6 Å². The Balaban J connectivity index is 2.45. The number of halogens is 2. The predicted molar refractivity (Wildman–Crippen MR) is 78.1 cm³/mol. The number of aromatic nitrogens is 2. The minimum Gasteiger partial charge on any atom is -0.294 e. The second-order valence-corrected chi connectivity index (χ2v) is 5.31. The number of non-ortho nitro benzene ring substituents is 1. The molecule has 0 unspecified atom stereocenters. The molecule has 0 fully saturated rings. The van der Waals surface area contributed by atoms with Gasteiger partial charge in [-0.2, -0.15) is 0 Å². The molecule has 1 heterocycles. The van der Waals surface area contributed by atoms with E-state index < -0.39 is 4.92 Å². The standard InChI is InChI=1S/C12H9BrClN3O3/c1-7-11(13)12(18)16(6-15-7)5-8-4-9(17(19)20)2-3-10(8)14/h2-4,6H,5H2,1H3. The van der Waals surface area contributed by atoms with Gasteiger partial charge in [0.1, 0.15) is 4.47 Å². The third kappa shape index (κ3) is 2.88. The molecule has 0 radical (unpaired) electrons. The SMILES string of the molecule is Cc1ncn(Cc2cc([N+](=O)[O-])ccc2Cl)c(=O)c1Br. The van der Waals surface area contributed by atoms with Crippen LogP contribution in [0.4, 0.5) is 5.69 Å². The van der Waals surface area contributed by atoms with Crippen molar-refractivity contribution in [3.05, 3.63) is 65.7 Å². The van der Waals surface area contributed by atoms with Gasteiger partial charge in [-0.05, 0) is 34.5 Å². The molecule has 8 heteroatoms. The highest BCUT2D eigenvalue weighted by molar-refractivity contribution is 9.10. The molecular weight excluding hydrogens is 350 g/mol. The van der Waals surface area contributed by atoms with Crippen LogP contribution in [0.2, 0.25) is 5.02 Å². The minimum absolute atomic E-state index is 0.0726. The summed E-state index contributed by atoms with van der Waals surface area (Å²) in [6, 6.07) is 4.11. The monoisotopic (exact) mass is 357 g/mol. The highest BCUT2D eigenvalue weighted by Gasteiger charge is 2.12. The number of hydrogen-bond donors (Lipinski definition) is 0. The van der Waals surface area contributed by atoms with E-state index in [0.717, 1.165) is 0 Å². The van der Waals surface area contributed by atoms with Crippen LogP contribution >= 0.6 is 27.5 Å². The lowest BCUT2D eigenvalue weighted by molar-refractivity contribution is -0.384. The minimum atomic E-state index is -0.508. The first-order valence-electron chi connectivity index (χ1n) is 5.54. The van der Waals surface area contributed by atoms with Crippen molar-refractivity contribution in [1.82, 2.24) is 9.55 Å². The van der Waals surface area contributed by atoms with Gasteiger partial charge >= 0.3 is 0 Å². The molecule has 0 spiro atoms. The van der Waals surface area contributed by atoms with Crippen molar-refractivity contribution >= 4 is 33.2 Å². The molecule has 0 saturated carbocycles. The molecule has 0 atom stereocenters. The summed E-state index contributed by atoms with van der Waals surface area (Å²) in [5, 5.41) is 11.1. The molecular formula is C12H9BrClN3O3. The Hall–Kier alpha value is -1.73. The van der Waals surface area contributed by atoms with Crippen molar-refractivity contribution in [1.29, 1.82) is 0 Å². The van der Waals surface area contributed by atoms with Crippen LogP contribution in [0.25, 0.3) is 0 Å². The van der Waals surface area contributed by atoms with Gasteiger partial charge in [0.2, 0.25) is 0 Å². The first-order chi connectivity index (χ1) is 9.40. The van der Waals surface area contributed by atoms with Gasteiger partial charge in [-0.3, -0.25) is 19.5 Å². The van der Waals surface area contributed by atoms with Gasteiger partial charge in [0.05, 0.1) is 23.5 Å². The molecule has 2 rings (SSSR count). The molecule has 2 aromatic rings. The quantitative estimate of drug-likeness (QED) is 0.624. The maximum atomic E-state index is 12.0. The molecule has 0 aliphatic carbocycles. The first-order valence-corrected chi connectivity index (χ1v) is 6.71. The molecule has 1 aromatic heterocycles. The lowest BCUT2D eigenvalue weighted by Crippen LogP contribution is -2.22. The zero-order valence-electron chi connectivity index (χ0n) is 10.3. The van der Waals surface area contributed by atoms with E-state index in [2.05, 4.69) is 20.9 Å². The zero-order chi connectivity index (χ0) is 14.9. The van der Waals surface area contributed by atoms with Gasteiger partial charge in [0.15, 0.2) is 0 Å². The summed E-state index contributed by atoms with van der Waals surface area (Å²) >= 11 is 9.17. The van der Waals surface area contributed by atoms with Crippen LogP contribution in [0.1, 0.15) is 11.3 Å². The maximum absolute atomic E-state index is 12.0. The van der Waals surface area contributed by atoms with E-state index in [-0.39, 0.29) is 17.8 Å². The second-order valence-electron chi connectivity index (χ2n) is 4.11. The normalized spacial score (nSPS) is 10.6. The van der Waals surface area contributed by atoms with Gasteiger partial charge in [0.25, 0.3) is 11.2 Å². The van der Waals surface area contributed by atoms with E-state index in [0.29, 0.717) is 20.8 Å². The van der Waals surface area contributed by atoms with Crippen molar-refractivity contribution in [2.24, 2.45) is 0 Å². The number of nitro groups is 1. The van der Waals surface area contributed by atoms with Crippen molar-refractivity contribution in [2.75, 3.05) is 0 Å². The molecule has 0 aliphatic rings. The summed E-state index contributed by atoms with van der Waals surface area (Å²) in [5.41, 5.74) is 0.730. The fourth-order valence-corrected chi connectivity index (χ4v) is 2.15. The molecule has 0 N–H and O–H groups in total. The number of nitro benzene ring substituents is 1. The van der Waals surface area contributed by atoms with E-state index in [1.165, 1.54) is 29.1 Å². The molecule has 0 amide bonds.